The van der Waals surface area contributed by atoms with Crippen molar-refractivity contribution in [3.63, 3.8) is 0 Å². The molecule has 1 atom stereocenters. The van der Waals surface area contributed by atoms with E-state index in [4.69, 9.17) is 11.6 Å². The van der Waals surface area contributed by atoms with Crippen LogP contribution in [0.5, 0.6) is 0 Å². The van der Waals surface area contributed by atoms with Crippen molar-refractivity contribution >= 4 is 28.8 Å². The molecule has 0 heterocycles. The van der Waals surface area contributed by atoms with Crippen LogP contribution in [0.2, 0.25) is 0 Å². The number of hydrogen-bond acceptors (Lipinski definition) is 5. The highest BCUT2D eigenvalue weighted by Crippen LogP contribution is 2.49. The fourth-order valence-corrected chi connectivity index (χ4v) is 2.12. The van der Waals surface area contributed by atoms with E-state index >= 15 is 0 Å². The molecule has 0 saturated heterocycles. The summed E-state index contributed by atoms with van der Waals surface area (Å²) in [5.74, 6) is -2.36. The SMILES string of the molecule is COC(=O)C1(C(=O)OC)CCC1C(=O)Cl. The van der Waals surface area contributed by atoms with Crippen molar-refractivity contribution in [1.29, 1.82) is 0 Å². The Morgan fingerprint density at radius 1 is 1.20 bits per heavy atom. The quantitative estimate of drug-likeness (QED) is 0.404. The Labute approximate surface area is 91.7 Å². The predicted molar refractivity (Wildman–Crippen MR) is 50.0 cm³/mol. The number of rotatable bonds is 3. The maximum atomic E-state index is 11.5. The molecular formula is C9H11ClO5. The summed E-state index contributed by atoms with van der Waals surface area (Å²) in [6.45, 7) is 0. The molecule has 0 aliphatic heterocycles. The summed E-state index contributed by atoms with van der Waals surface area (Å²) < 4.78 is 9.02. The standard InChI is InChI=1S/C9H11ClO5/c1-14-7(12)9(8(13)15-2)4-3-5(9)6(10)11/h5H,3-4H2,1-2H3. The molecule has 1 aliphatic rings. The zero-order chi connectivity index (χ0) is 11.6. The Morgan fingerprint density at radius 3 is 1.87 bits per heavy atom. The van der Waals surface area contributed by atoms with E-state index in [0.29, 0.717) is 6.42 Å². The molecular weight excluding hydrogens is 224 g/mol. The molecule has 15 heavy (non-hydrogen) atoms. The first-order valence-electron chi connectivity index (χ1n) is 4.37. The van der Waals surface area contributed by atoms with Gasteiger partial charge in [-0.05, 0) is 24.4 Å². The minimum absolute atomic E-state index is 0.232. The maximum absolute atomic E-state index is 11.5. The number of hydrogen-bond donors (Lipinski definition) is 0. The van der Waals surface area contributed by atoms with Crippen LogP contribution >= 0.6 is 11.6 Å². The first-order chi connectivity index (χ1) is 7.00. The van der Waals surface area contributed by atoms with E-state index in [9.17, 15) is 14.4 Å². The van der Waals surface area contributed by atoms with Crippen LogP contribution in [0.3, 0.4) is 0 Å². The smallest absolute Gasteiger partial charge is 0.324 e. The lowest BCUT2D eigenvalue weighted by molar-refractivity contribution is -0.184. The van der Waals surface area contributed by atoms with Crippen molar-refractivity contribution in [2.24, 2.45) is 11.3 Å². The summed E-state index contributed by atoms with van der Waals surface area (Å²) in [5.41, 5.74) is -1.53. The van der Waals surface area contributed by atoms with Gasteiger partial charge in [-0.2, -0.15) is 0 Å². The van der Waals surface area contributed by atoms with Gasteiger partial charge in [0.15, 0.2) is 5.41 Å². The molecule has 84 valence electrons. The summed E-state index contributed by atoms with van der Waals surface area (Å²) in [6.07, 6.45) is 0.627. The molecule has 0 aromatic rings. The molecule has 0 amide bonds. The molecule has 1 aliphatic carbocycles. The molecule has 0 aromatic heterocycles. The number of carbonyl (C=O) groups excluding carboxylic acids is 3. The van der Waals surface area contributed by atoms with Gasteiger partial charge in [-0.25, -0.2) is 0 Å². The predicted octanol–water partition coefficient (Wildman–Crippen LogP) is 0.494. The largest absolute Gasteiger partial charge is 0.468 e. The Balaban J connectivity index is 3.03. The van der Waals surface area contributed by atoms with Crippen molar-refractivity contribution in [1.82, 2.24) is 0 Å². The lowest BCUT2D eigenvalue weighted by Gasteiger charge is -2.41. The molecule has 1 fully saturated rings. The van der Waals surface area contributed by atoms with Crippen LogP contribution in [0.25, 0.3) is 0 Å². The molecule has 0 N–H and O–H groups in total. The van der Waals surface area contributed by atoms with Gasteiger partial charge in [-0.1, -0.05) is 0 Å². The van der Waals surface area contributed by atoms with Crippen LogP contribution in [0.4, 0.5) is 0 Å². The van der Waals surface area contributed by atoms with E-state index in [1.165, 1.54) is 0 Å². The molecule has 0 bridgehead atoms. The van der Waals surface area contributed by atoms with Gasteiger partial charge in [-0.15, -0.1) is 0 Å². The van der Waals surface area contributed by atoms with Gasteiger partial charge < -0.3 is 9.47 Å². The van der Waals surface area contributed by atoms with Gasteiger partial charge in [0.25, 0.3) is 0 Å². The van der Waals surface area contributed by atoms with Gasteiger partial charge in [-0.3, -0.25) is 14.4 Å². The van der Waals surface area contributed by atoms with Crippen molar-refractivity contribution in [3.05, 3.63) is 0 Å². The van der Waals surface area contributed by atoms with Crippen LogP contribution in [0.1, 0.15) is 12.8 Å². The number of methoxy groups -OCH3 is 2. The molecule has 1 unspecified atom stereocenters. The van der Waals surface area contributed by atoms with Crippen LogP contribution in [0.15, 0.2) is 0 Å². The third-order valence-electron chi connectivity index (χ3n) is 2.80. The van der Waals surface area contributed by atoms with E-state index in [-0.39, 0.29) is 6.42 Å². The summed E-state index contributed by atoms with van der Waals surface area (Å²) in [5, 5.41) is -0.711. The zero-order valence-corrected chi connectivity index (χ0v) is 9.17. The second-order valence-electron chi connectivity index (χ2n) is 3.35. The third kappa shape index (κ3) is 1.61. The molecule has 0 aromatic carbocycles. The molecule has 1 rings (SSSR count). The van der Waals surface area contributed by atoms with Gasteiger partial charge >= 0.3 is 11.9 Å². The van der Waals surface area contributed by atoms with E-state index in [1.54, 1.807) is 0 Å². The van der Waals surface area contributed by atoms with Gasteiger partial charge in [0.1, 0.15) is 0 Å². The van der Waals surface area contributed by atoms with Crippen molar-refractivity contribution in [2.45, 2.75) is 12.8 Å². The summed E-state index contributed by atoms with van der Waals surface area (Å²) >= 11 is 5.31. The summed E-state index contributed by atoms with van der Waals surface area (Å²) in [6, 6.07) is 0. The van der Waals surface area contributed by atoms with Crippen LogP contribution in [-0.2, 0) is 23.9 Å². The molecule has 1 saturated carbocycles. The average molecular weight is 235 g/mol. The lowest BCUT2D eigenvalue weighted by Crippen LogP contribution is -2.55. The fraction of sp³-hybridized carbons (Fsp3) is 0.667. The normalized spacial score (nSPS) is 22.5. The fourth-order valence-electron chi connectivity index (χ4n) is 1.82. The highest BCUT2D eigenvalue weighted by molar-refractivity contribution is 6.64. The van der Waals surface area contributed by atoms with E-state index < -0.39 is 28.5 Å². The second kappa shape index (κ2) is 4.18. The van der Waals surface area contributed by atoms with Crippen LogP contribution in [-0.4, -0.2) is 31.4 Å². The molecule has 5 nitrogen and oxygen atoms in total. The number of ether oxygens (including phenoxy) is 2. The number of carbonyl (C=O) groups is 3. The van der Waals surface area contributed by atoms with Gasteiger partial charge in [0.2, 0.25) is 5.24 Å². The number of esters is 2. The first kappa shape index (κ1) is 12.0. The molecule has 6 heteroatoms. The highest BCUT2D eigenvalue weighted by Gasteiger charge is 2.63. The Kier molecular flexibility index (Phi) is 3.34. The van der Waals surface area contributed by atoms with E-state index in [1.807, 2.05) is 0 Å². The Morgan fingerprint density at radius 2 is 1.67 bits per heavy atom. The third-order valence-corrected chi connectivity index (χ3v) is 3.06. The zero-order valence-electron chi connectivity index (χ0n) is 8.41. The highest BCUT2D eigenvalue weighted by atomic mass is 35.5. The summed E-state index contributed by atoms with van der Waals surface area (Å²) in [7, 11) is 2.31. The van der Waals surface area contributed by atoms with Crippen LogP contribution < -0.4 is 0 Å². The van der Waals surface area contributed by atoms with Crippen LogP contribution in [0, 0.1) is 11.3 Å². The monoisotopic (exact) mass is 234 g/mol. The molecule has 0 spiro atoms. The van der Waals surface area contributed by atoms with Gasteiger partial charge in [0, 0.05) is 0 Å². The van der Waals surface area contributed by atoms with E-state index in [2.05, 4.69) is 9.47 Å². The number of halogens is 1. The molecule has 0 radical (unpaired) electrons. The van der Waals surface area contributed by atoms with Crippen molar-refractivity contribution < 1.29 is 23.9 Å². The van der Waals surface area contributed by atoms with Crippen molar-refractivity contribution in [2.75, 3.05) is 14.2 Å². The Bertz CT molecular complexity index is 296. The van der Waals surface area contributed by atoms with Crippen molar-refractivity contribution in [3.8, 4) is 0 Å². The lowest BCUT2D eigenvalue weighted by atomic mass is 9.60. The topological polar surface area (TPSA) is 69.7 Å². The minimum Gasteiger partial charge on any atom is -0.468 e. The average Bonchev–Trinajstić information content (AvgIpc) is 2.15. The van der Waals surface area contributed by atoms with Gasteiger partial charge in [0.05, 0.1) is 20.1 Å². The second-order valence-corrected chi connectivity index (χ2v) is 3.72. The minimum atomic E-state index is -1.53. The first-order valence-corrected chi connectivity index (χ1v) is 4.74. The summed E-state index contributed by atoms with van der Waals surface area (Å²) in [4.78, 5) is 34.0. The maximum Gasteiger partial charge on any atom is 0.324 e. The van der Waals surface area contributed by atoms with E-state index in [0.717, 1.165) is 14.2 Å². The Hall–Kier alpha value is -1.10.